The molecule has 0 bridgehead atoms. The Morgan fingerprint density at radius 2 is 1.92 bits per heavy atom. The third kappa shape index (κ3) is 1.58. The summed E-state index contributed by atoms with van der Waals surface area (Å²) in [6.07, 6.45) is 0. The Balaban J connectivity index is 3.68. The van der Waals surface area contributed by atoms with Gasteiger partial charge in [0.1, 0.15) is 11.3 Å². The molecule has 0 amide bonds. The van der Waals surface area contributed by atoms with E-state index in [-0.39, 0.29) is 5.36 Å². The minimum Gasteiger partial charge on any atom is -0.507 e. The number of aromatic carboxylic acids is 1. The monoisotopic (exact) mass is 181 g/mol. The van der Waals surface area contributed by atoms with Gasteiger partial charge in [0.2, 0.25) is 0 Å². The molecule has 5 nitrogen and oxygen atoms in total. The van der Waals surface area contributed by atoms with Gasteiger partial charge in [0, 0.05) is 0 Å². The lowest BCUT2D eigenvalue weighted by Crippen LogP contribution is -2.02. The van der Waals surface area contributed by atoms with Crippen molar-refractivity contribution in [2.75, 3.05) is 0 Å². The molecule has 0 heterocycles. The van der Waals surface area contributed by atoms with Gasteiger partial charge < -0.3 is 15.3 Å². The molecule has 0 radical (unpaired) electrons. The molecule has 5 heteroatoms. The number of rotatable bonds is 1. The molecule has 0 aliphatic rings. The smallest absolute Gasteiger partial charge is 0.343 e. The predicted molar refractivity (Wildman–Crippen MR) is 42.6 cm³/mol. The van der Waals surface area contributed by atoms with Crippen molar-refractivity contribution in [3.05, 3.63) is 29.1 Å². The first-order valence-corrected chi connectivity index (χ1v) is 3.37. The molecule has 0 atom stereocenters. The Hall–Kier alpha value is -2.04. The third-order valence-electron chi connectivity index (χ3n) is 1.48. The molecule has 0 spiro atoms. The van der Waals surface area contributed by atoms with Gasteiger partial charge in [-0.15, -0.1) is 0 Å². The van der Waals surface area contributed by atoms with Gasteiger partial charge >= 0.3 is 5.97 Å². The van der Waals surface area contributed by atoms with Crippen LogP contribution in [0.3, 0.4) is 0 Å². The maximum absolute atomic E-state index is 10.5. The van der Waals surface area contributed by atoms with E-state index in [1.165, 1.54) is 12.1 Å². The summed E-state index contributed by atoms with van der Waals surface area (Å²) in [6.45, 7) is 0. The first-order valence-electron chi connectivity index (χ1n) is 3.37. The van der Waals surface area contributed by atoms with Gasteiger partial charge in [-0.05, 0) is 12.1 Å². The molecule has 1 rings (SSSR count). The van der Waals surface area contributed by atoms with Crippen molar-refractivity contribution in [1.29, 1.82) is 5.41 Å². The van der Waals surface area contributed by atoms with E-state index >= 15 is 0 Å². The Kier molecular flexibility index (Phi) is 2.19. The zero-order chi connectivity index (χ0) is 10.0. The highest BCUT2D eigenvalue weighted by molar-refractivity contribution is 5.93. The number of hydrogen-bond donors (Lipinski definition) is 4. The van der Waals surface area contributed by atoms with Crippen LogP contribution in [-0.2, 0) is 0 Å². The Morgan fingerprint density at radius 1 is 1.31 bits per heavy atom. The van der Waals surface area contributed by atoms with Crippen LogP contribution in [0, 0.1) is 5.41 Å². The number of carbonyl (C=O) groups is 1. The van der Waals surface area contributed by atoms with Gasteiger partial charge in [-0.3, -0.25) is 5.41 Å². The number of aromatic hydroxyl groups is 2. The average Bonchev–Trinajstić information content (AvgIpc) is 2.13. The maximum Gasteiger partial charge on any atom is 0.343 e. The Labute approximate surface area is 73.0 Å². The molecular formula is C8H7NO4. The molecule has 68 valence electrons. The third-order valence-corrected chi connectivity index (χ3v) is 1.48. The zero-order valence-electron chi connectivity index (χ0n) is 6.48. The molecule has 0 aliphatic carbocycles. The number of hydrogen-bond acceptors (Lipinski definition) is 4. The zero-order valence-corrected chi connectivity index (χ0v) is 6.48. The van der Waals surface area contributed by atoms with E-state index in [2.05, 4.69) is 0 Å². The molecule has 4 N–H and O–H groups in total. The van der Waals surface area contributed by atoms with Crippen molar-refractivity contribution in [2.24, 2.45) is 0 Å². The number of carboxylic acid groups (broad SMARTS) is 1. The van der Waals surface area contributed by atoms with E-state index < -0.39 is 23.0 Å². The summed E-state index contributed by atoms with van der Waals surface area (Å²) in [5.74, 6) is -2.78. The first kappa shape index (κ1) is 9.05. The molecule has 0 aliphatic heterocycles. The SMILES string of the molecule is N=c1cccc(O)c(C(=O)O)c1O. The van der Waals surface area contributed by atoms with Gasteiger partial charge in [-0.25, -0.2) is 4.79 Å². The topological polar surface area (TPSA) is 102 Å². The van der Waals surface area contributed by atoms with E-state index in [0.717, 1.165) is 6.07 Å². The van der Waals surface area contributed by atoms with E-state index in [4.69, 9.17) is 15.6 Å². The molecule has 0 aromatic heterocycles. The van der Waals surface area contributed by atoms with Gasteiger partial charge in [-0.2, -0.15) is 0 Å². The van der Waals surface area contributed by atoms with Crippen molar-refractivity contribution in [3.8, 4) is 11.5 Å². The average molecular weight is 181 g/mol. The molecule has 13 heavy (non-hydrogen) atoms. The van der Waals surface area contributed by atoms with Crippen LogP contribution >= 0.6 is 0 Å². The van der Waals surface area contributed by atoms with Crippen molar-refractivity contribution < 1.29 is 20.1 Å². The number of carboxylic acids is 1. The van der Waals surface area contributed by atoms with Crippen LogP contribution in [0.5, 0.6) is 11.5 Å². The van der Waals surface area contributed by atoms with Gasteiger partial charge in [0.25, 0.3) is 0 Å². The van der Waals surface area contributed by atoms with Gasteiger partial charge in [0.15, 0.2) is 5.75 Å². The molecular weight excluding hydrogens is 174 g/mol. The minimum atomic E-state index is -1.47. The van der Waals surface area contributed by atoms with Crippen LogP contribution in [0.4, 0.5) is 0 Å². The maximum atomic E-state index is 10.5. The quantitative estimate of drug-likeness (QED) is 0.499. The summed E-state index contributed by atoms with van der Waals surface area (Å²) in [5, 5.41) is 33.7. The summed E-state index contributed by atoms with van der Waals surface area (Å²) >= 11 is 0. The summed E-state index contributed by atoms with van der Waals surface area (Å²) in [4.78, 5) is 10.5. The number of nitrogens with one attached hydrogen (secondary N) is 1. The summed E-state index contributed by atoms with van der Waals surface area (Å²) in [5.41, 5.74) is -0.657. The van der Waals surface area contributed by atoms with Crippen molar-refractivity contribution in [3.63, 3.8) is 0 Å². The predicted octanol–water partition coefficient (Wildman–Crippen LogP) is 0.275. The van der Waals surface area contributed by atoms with Gasteiger partial charge in [0.05, 0.1) is 5.36 Å². The van der Waals surface area contributed by atoms with Crippen LogP contribution in [-0.4, -0.2) is 21.3 Å². The summed E-state index contributed by atoms with van der Waals surface area (Å²) in [7, 11) is 0. The second kappa shape index (κ2) is 3.14. The molecule has 0 saturated carbocycles. The molecule has 0 saturated heterocycles. The standard InChI is InChI=1S/C8H7NO4/c9-4-2-1-3-5(10)6(7(4)11)8(12)13/h1-3,10H,(H2,9,11)(H,12,13). The van der Waals surface area contributed by atoms with E-state index in [1.807, 2.05) is 0 Å². The Morgan fingerprint density at radius 3 is 2.46 bits per heavy atom. The second-order valence-electron chi connectivity index (χ2n) is 2.35. The van der Waals surface area contributed by atoms with Gasteiger partial charge in [-0.1, -0.05) is 6.07 Å². The molecule has 1 aromatic rings. The largest absolute Gasteiger partial charge is 0.507 e. The second-order valence-corrected chi connectivity index (χ2v) is 2.35. The highest BCUT2D eigenvalue weighted by Crippen LogP contribution is 2.20. The van der Waals surface area contributed by atoms with Crippen molar-refractivity contribution in [1.82, 2.24) is 0 Å². The fourth-order valence-corrected chi connectivity index (χ4v) is 0.865. The fourth-order valence-electron chi connectivity index (χ4n) is 0.865. The van der Waals surface area contributed by atoms with E-state index in [0.29, 0.717) is 0 Å². The first-order chi connectivity index (χ1) is 6.04. The lowest BCUT2D eigenvalue weighted by Gasteiger charge is -1.95. The lowest BCUT2D eigenvalue weighted by atomic mass is 10.2. The van der Waals surface area contributed by atoms with E-state index in [9.17, 15) is 9.90 Å². The van der Waals surface area contributed by atoms with Crippen LogP contribution in [0.1, 0.15) is 10.4 Å². The molecule has 0 fully saturated rings. The van der Waals surface area contributed by atoms with Crippen LogP contribution in [0.2, 0.25) is 0 Å². The van der Waals surface area contributed by atoms with Crippen LogP contribution in [0.15, 0.2) is 18.2 Å². The minimum absolute atomic E-state index is 0.349. The van der Waals surface area contributed by atoms with Crippen LogP contribution in [0.25, 0.3) is 0 Å². The highest BCUT2D eigenvalue weighted by atomic mass is 16.4. The fraction of sp³-hybridized carbons (Fsp3) is 0. The molecule has 0 unspecified atom stereocenters. The van der Waals surface area contributed by atoms with Crippen LogP contribution < -0.4 is 5.36 Å². The molecule has 1 aromatic carbocycles. The summed E-state index contributed by atoms with van der Waals surface area (Å²) < 4.78 is 0. The highest BCUT2D eigenvalue weighted by Gasteiger charge is 2.14. The normalized spacial score (nSPS) is 9.54. The summed E-state index contributed by atoms with van der Waals surface area (Å²) in [6, 6.07) is 3.56. The van der Waals surface area contributed by atoms with Crippen molar-refractivity contribution in [2.45, 2.75) is 0 Å². The lowest BCUT2D eigenvalue weighted by molar-refractivity contribution is 0.0690. The van der Waals surface area contributed by atoms with E-state index in [1.54, 1.807) is 0 Å². The Bertz CT molecular complexity index is 413. The van der Waals surface area contributed by atoms with Crippen molar-refractivity contribution >= 4 is 5.97 Å².